The number of hydrogen-bond acceptors (Lipinski definition) is 3. The maximum Gasteiger partial charge on any atom is 0.168 e. The Morgan fingerprint density at radius 3 is 2.00 bits per heavy atom. The summed E-state index contributed by atoms with van der Waals surface area (Å²) in [4.78, 5) is 0. The van der Waals surface area contributed by atoms with Crippen LogP contribution in [-0.4, -0.2) is 30.2 Å². The highest BCUT2D eigenvalue weighted by Crippen LogP contribution is 2.35. The molecule has 1 saturated carbocycles. The van der Waals surface area contributed by atoms with Crippen LogP contribution in [0.5, 0.6) is 0 Å². The molecule has 1 N–H and O–H groups in total. The minimum atomic E-state index is -0.306. The van der Waals surface area contributed by atoms with Gasteiger partial charge in [-0.25, -0.2) is 0 Å². The van der Waals surface area contributed by atoms with E-state index in [2.05, 4.69) is 0 Å². The van der Waals surface area contributed by atoms with Gasteiger partial charge in [0.2, 0.25) is 0 Å². The van der Waals surface area contributed by atoms with Gasteiger partial charge in [-0.2, -0.15) is 0 Å². The van der Waals surface area contributed by atoms with Crippen molar-refractivity contribution >= 4 is 0 Å². The third-order valence-electron chi connectivity index (χ3n) is 2.53. The first-order valence-electron chi connectivity index (χ1n) is 5.27. The van der Waals surface area contributed by atoms with Gasteiger partial charge in [0, 0.05) is 12.8 Å². The minimum Gasteiger partial charge on any atom is -0.393 e. The van der Waals surface area contributed by atoms with E-state index in [1.54, 1.807) is 0 Å². The third kappa shape index (κ3) is 2.66. The van der Waals surface area contributed by atoms with Crippen molar-refractivity contribution in [3.63, 3.8) is 0 Å². The van der Waals surface area contributed by atoms with E-state index < -0.39 is 0 Å². The minimum absolute atomic E-state index is 0.131. The fourth-order valence-electron chi connectivity index (χ4n) is 1.83. The molecule has 0 unspecified atom stereocenters. The molecule has 1 aliphatic heterocycles. The van der Waals surface area contributed by atoms with Crippen LogP contribution in [0.1, 0.15) is 39.5 Å². The van der Waals surface area contributed by atoms with Gasteiger partial charge in [-0.05, 0) is 12.8 Å². The fraction of sp³-hybridized carbons (Fsp3) is 1.00. The summed E-state index contributed by atoms with van der Waals surface area (Å²) >= 11 is 0. The van der Waals surface area contributed by atoms with Crippen LogP contribution >= 0.6 is 0 Å². The van der Waals surface area contributed by atoms with Gasteiger partial charge in [-0.1, -0.05) is 13.8 Å². The normalized spacial score (nSPS) is 27.0. The van der Waals surface area contributed by atoms with Crippen molar-refractivity contribution in [2.24, 2.45) is 0 Å². The van der Waals surface area contributed by atoms with Crippen LogP contribution in [0, 0.1) is 0 Å². The predicted octanol–water partition coefficient (Wildman–Crippen LogP) is 1.69. The van der Waals surface area contributed by atoms with Gasteiger partial charge in [0.05, 0.1) is 19.3 Å². The smallest absolute Gasteiger partial charge is 0.168 e. The Morgan fingerprint density at radius 2 is 1.54 bits per heavy atom. The zero-order valence-corrected chi connectivity index (χ0v) is 8.58. The van der Waals surface area contributed by atoms with Crippen LogP contribution < -0.4 is 0 Å². The Hall–Kier alpha value is -0.120. The predicted molar refractivity (Wildman–Crippen MR) is 50.5 cm³/mol. The molecule has 78 valence electrons. The molecule has 0 atom stereocenters. The number of aliphatic hydroxyl groups excluding tert-OH is 1. The molecule has 1 aliphatic carbocycles. The molecule has 3 heteroatoms. The molecule has 13 heavy (non-hydrogen) atoms. The first-order chi connectivity index (χ1) is 6.31. The largest absolute Gasteiger partial charge is 0.393 e. The van der Waals surface area contributed by atoms with E-state index in [9.17, 15) is 5.11 Å². The zero-order chi connectivity index (χ0) is 9.73. The molecule has 2 fully saturated rings. The summed E-state index contributed by atoms with van der Waals surface area (Å²) in [5, 5.41) is 9.24. The standard InChI is InChI=1S/C8H14O3.C2H6/c9-7-1-3-8(4-2-7)10-5-6-11-8;1-2/h7,9H,1-6H2;1-2H3. The van der Waals surface area contributed by atoms with Gasteiger partial charge < -0.3 is 14.6 Å². The van der Waals surface area contributed by atoms with E-state index in [0.717, 1.165) is 38.9 Å². The van der Waals surface area contributed by atoms with Crippen molar-refractivity contribution in [3.05, 3.63) is 0 Å². The van der Waals surface area contributed by atoms with Crippen molar-refractivity contribution in [2.45, 2.75) is 51.4 Å². The second-order valence-electron chi connectivity index (χ2n) is 3.34. The molecule has 1 saturated heterocycles. The monoisotopic (exact) mass is 188 g/mol. The Labute approximate surface area is 80.0 Å². The van der Waals surface area contributed by atoms with Crippen molar-refractivity contribution in [1.29, 1.82) is 0 Å². The summed E-state index contributed by atoms with van der Waals surface area (Å²) in [7, 11) is 0. The van der Waals surface area contributed by atoms with Crippen molar-refractivity contribution in [2.75, 3.05) is 13.2 Å². The Balaban J connectivity index is 0.000000396. The van der Waals surface area contributed by atoms with Gasteiger partial charge in [0.15, 0.2) is 5.79 Å². The maximum atomic E-state index is 9.24. The van der Waals surface area contributed by atoms with E-state index in [4.69, 9.17) is 9.47 Å². The molecule has 2 rings (SSSR count). The Bertz CT molecular complexity index is 131. The first-order valence-corrected chi connectivity index (χ1v) is 5.27. The van der Waals surface area contributed by atoms with E-state index in [0.29, 0.717) is 0 Å². The maximum absolute atomic E-state index is 9.24. The number of ether oxygens (including phenoxy) is 2. The van der Waals surface area contributed by atoms with Gasteiger partial charge in [0.1, 0.15) is 0 Å². The lowest BCUT2D eigenvalue weighted by atomic mass is 9.92. The molecule has 0 aromatic heterocycles. The van der Waals surface area contributed by atoms with Crippen LogP contribution in [0.25, 0.3) is 0 Å². The summed E-state index contributed by atoms with van der Waals surface area (Å²) in [6, 6.07) is 0. The molecular weight excluding hydrogens is 168 g/mol. The molecule has 2 aliphatic rings. The van der Waals surface area contributed by atoms with E-state index in [-0.39, 0.29) is 11.9 Å². The number of aliphatic hydroxyl groups is 1. The van der Waals surface area contributed by atoms with E-state index in [1.165, 1.54) is 0 Å². The third-order valence-corrected chi connectivity index (χ3v) is 2.53. The van der Waals surface area contributed by atoms with Crippen LogP contribution in [0.15, 0.2) is 0 Å². The van der Waals surface area contributed by atoms with E-state index >= 15 is 0 Å². The van der Waals surface area contributed by atoms with Crippen molar-refractivity contribution in [3.8, 4) is 0 Å². The SMILES string of the molecule is CC.OC1CCC2(CC1)OCCO2. The lowest BCUT2D eigenvalue weighted by molar-refractivity contribution is -0.187. The number of hydrogen-bond donors (Lipinski definition) is 1. The Kier molecular flexibility index (Phi) is 4.16. The topological polar surface area (TPSA) is 38.7 Å². The van der Waals surface area contributed by atoms with E-state index in [1.807, 2.05) is 13.8 Å². The highest BCUT2D eigenvalue weighted by atomic mass is 16.7. The summed E-state index contributed by atoms with van der Waals surface area (Å²) in [6.07, 6.45) is 3.22. The molecular formula is C10H20O3. The van der Waals surface area contributed by atoms with Gasteiger partial charge in [-0.15, -0.1) is 0 Å². The van der Waals surface area contributed by atoms with Crippen LogP contribution in [0.2, 0.25) is 0 Å². The molecule has 0 radical (unpaired) electrons. The lowest BCUT2D eigenvalue weighted by Gasteiger charge is -2.33. The lowest BCUT2D eigenvalue weighted by Crippen LogP contribution is -2.36. The molecule has 0 bridgehead atoms. The average Bonchev–Trinajstić information content (AvgIpc) is 2.63. The summed E-state index contributed by atoms with van der Waals surface area (Å²) in [5.74, 6) is -0.306. The quantitative estimate of drug-likeness (QED) is 0.628. The molecule has 0 aromatic rings. The molecule has 1 heterocycles. The van der Waals surface area contributed by atoms with Crippen LogP contribution in [0.4, 0.5) is 0 Å². The second-order valence-corrected chi connectivity index (χ2v) is 3.34. The van der Waals surface area contributed by atoms with Crippen molar-refractivity contribution < 1.29 is 14.6 Å². The van der Waals surface area contributed by atoms with Gasteiger partial charge >= 0.3 is 0 Å². The highest BCUT2D eigenvalue weighted by Gasteiger charge is 2.39. The number of rotatable bonds is 0. The van der Waals surface area contributed by atoms with Crippen LogP contribution in [-0.2, 0) is 9.47 Å². The fourth-order valence-corrected chi connectivity index (χ4v) is 1.83. The average molecular weight is 188 g/mol. The van der Waals surface area contributed by atoms with Crippen molar-refractivity contribution in [1.82, 2.24) is 0 Å². The Morgan fingerprint density at radius 1 is 1.08 bits per heavy atom. The molecule has 1 spiro atoms. The molecule has 0 amide bonds. The molecule has 0 aromatic carbocycles. The summed E-state index contributed by atoms with van der Waals surface area (Å²) in [5.41, 5.74) is 0. The summed E-state index contributed by atoms with van der Waals surface area (Å²) < 4.78 is 11.0. The van der Waals surface area contributed by atoms with Crippen LogP contribution in [0.3, 0.4) is 0 Å². The summed E-state index contributed by atoms with van der Waals surface area (Å²) in [6.45, 7) is 5.44. The highest BCUT2D eigenvalue weighted by molar-refractivity contribution is 4.81. The van der Waals surface area contributed by atoms with Gasteiger partial charge in [0.25, 0.3) is 0 Å². The molecule has 3 nitrogen and oxygen atoms in total. The van der Waals surface area contributed by atoms with Gasteiger partial charge in [-0.3, -0.25) is 0 Å². The zero-order valence-electron chi connectivity index (χ0n) is 8.58. The first kappa shape index (κ1) is 11.0. The second kappa shape index (κ2) is 4.94.